The summed E-state index contributed by atoms with van der Waals surface area (Å²) in [6, 6.07) is 0. The first-order valence-electron chi connectivity index (χ1n) is 5.59. The summed E-state index contributed by atoms with van der Waals surface area (Å²) in [6.07, 6.45) is 8.78. The Morgan fingerprint density at radius 2 is 1.71 bits per heavy atom. The summed E-state index contributed by atoms with van der Waals surface area (Å²) in [5, 5.41) is 0. The summed E-state index contributed by atoms with van der Waals surface area (Å²) in [7, 11) is 0. The van der Waals surface area contributed by atoms with Gasteiger partial charge in [0.25, 0.3) is 0 Å². The Labute approximate surface area is 104 Å². The second-order valence-electron chi connectivity index (χ2n) is 3.88. The van der Waals surface area contributed by atoms with E-state index in [0.29, 0.717) is 5.92 Å². The van der Waals surface area contributed by atoms with Crippen molar-refractivity contribution in [3.05, 3.63) is 0 Å². The average molecular weight is 257 g/mol. The van der Waals surface area contributed by atoms with Crippen LogP contribution in [0, 0.1) is 5.92 Å². The lowest BCUT2D eigenvalue weighted by molar-refractivity contribution is 0.476. The topological polar surface area (TPSA) is 0 Å². The Balaban J connectivity index is 3.33. The summed E-state index contributed by atoms with van der Waals surface area (Å²) in [4.78, 5) is -0.220. The molecule has 3 heteroatoms. The quantitative estimate of drug-likeness (QED) is 0.332. The zero-order valence-electron chi connectivity index (χ0n) is 9.01. The molecule has 86 valence electrons. The molecule has 0 spiro atoms. The summed E-state index contributed by atoms with van der Waals surface area (Å²) in [6.45, 7) is 2.24. The van der Waals surface area contributed by atoms with Crippen LogP contribution in [0.2, 0.25) is 0 Å². The predicted molar refractivity (Wildman–Crippen MR) is 70.8 cm³/mol. The van der Waals surface area contributed by atoms with E-state index in [2.05, 4.69) is 19.6 Å². The van der Waals surface area contributed by atoms with Crippen LogP contribution >= 0.6 is 35.8 Å². The Morgan fingerprint density at radius 3 is 2.21 bits per heavy atom. The summed E-state index contributed by atoms with van der Waals surface area (Å²) in [5.41, 5.74) is 0. The van der Waals surface area contributed by atoms with Crippen molar-refractivity contribution in [3.8, 4) is 0 Å². The Bertz CT molecular complexity index is 118. The van der Waals surface area contributed by atoms with Gasteiger partial charge in [0, 0.05) is 0 Å². The van der Waals surface area contributed by atoms with E-state index in [9.17, 15) is 0 Å². The van der Waals surface area contributed by atoms with E-state index >= 15 is 0 Å². The standard InChI is InChI=1S/C11H22Cl2S/c1-2-3-4-5-6-7-10(9-14)8-11(12)13/h10-11,14H,2-9H2,1H3. The van der Waals surface area contributed by atoms with Crippen molar-refractivity contribution in [1.82, 2.24) is 0 Å². The number of thiol groups is 1. The van der Waals surface area contributed by atoms with Gasteiger partial charge in [0.15, 0.2) is 0 Å². The van der Waals surface area contributed by atoms with Crippen molar-refractivity contribution in [2.24, 2.45) is 5.92 Å². The average Bonchev–Trinajstić information content (AvgIpc) is 2.15. The number of alkyl halides is 2. The highest BCUT2D eigenvalue weighted by Gasteiger charge is 2.10. The third kappa shape index (κ3) is 9.48. The van der Waals surface area contributed by atoms with E-state index in [0.717, 1.165) is 12.2 Å². The lowest BCUT2D eigenvalue weighted by Crippen LogP contribution is -2.06. The van der Waals surface area contributed by atoms with E-state index in [-0.39, 0.29) is 4.84 Å². The van der Waals surface area contributed by atoms with E-state index in [1.807, 2.05) is 0 Å². The molecule has 1 unspecified atom stereocenters. The minimum atomic E-state index is -0.220. The molecule has 0 radical (unpaired) electrons. The molecule has 0 aliphatic carbocycles. The lowest BCUT2D eigenvalue weighted by Gasteiger charge is -2.14. The van der Waals surface area contributed by atoms with Gasteiger partial charge in [-0.3, -0.25) is 0 Å². The summed E-state index contributed by atoms with van der Waals surface area (Å²) in [5.74, 6) is 1.50. The second kappa shape index (κ2) is 10.4. The number of unbranched alkanes of at least 4 members (excludes halogenated alkanes) is 4. The van der Waals surface area contributed by atoms with E-state index in [1.165, 1.54) is 38.5 Å². The van der Waals surface area contributed by atoms with Crippen LogP contribution in [0.3, 0.4) is 0 Å². The highest BCUT2D eigenvalue weighted by molar-refractivity contribution is 7.80. The third-order valence-electron chi connectivity index (χ3n) is 2.49. The normalized spacial score (nSPS) is 13.5. The van der Waals surface area contributed by atoms with Crippen LogP contribution in [-0.2, 0) is 0 Å². The highest BCUT2D eigenvalue weighted by atomic mass is 35.5. The lowest BCUT2D eigenvalue weighted by atomic mass is 10.00. The molecule has 0 heterocycles. The van der Waals surface area contributed by atoms with Crippen molar-refractivity contribution in [2.75, 3.05) is 5.75 Å². The molecule has 14 heavy (non-hydrogen) atoms. The van der Waals surface area contributed by atoms with Gasteiger partial charge in [-0.25, -0.2) is 0 Å². The van der Waals surface area contributed by atoms with Crippen molar-refractivity contribution < 1.29 is 0 Å². The number of rotatable bonds is 9. The smallest absolute Gasteiger partial charge is 0.108 e. The molecule has 0 aromatic carbocycles. The van der Waals surface area contributed by atoms with Gasteiger partial charge < -0.3 is 0 Å². The van der Waals surface area contributed by atoms with Crippen LogP contribution in [0.25, 0.3) is 0 Å². The maximum atomic E-state index is 5.75. The van der Waals surface area contributed by atoms with Crippen molar-refractivity contribution >= 4 is 35.8 Å². The second-order valence-corrected chi connectivity index (χ2v) is 5.52. The number of hydrogen-bond donors (Lipinski definition) is 1. The molecule has 0 fully saturated rings. The predicted octanol–water partition coefficient (Wildman–Crippen LogP) is 5.09. The molecule has 0 saturated heterocycles. The first-order valence-corrected chi connectivity index (χ1v) is 7.10. The van der Waals surface area contributed by atoms with Crippen molar-refractivity contribution in [1.29, 1.82) is 0 Å². The van der Waals surface area contributed by atoms with Gasteiger partial charge in [0.1, 0.15) is 4.84 Å². The van der Waals surface area contributed by atoms with E-state index < -0.39 is 0 Å². The minimum Gasteiger partial charge on any atom is -0.179 e. The molecule has 0 aromatic heterocycles. The molecule has 0 bridgehead atoms. The largest absolute Gasteiger partial charge is 0.179 e. The van der Waals surface area contributed by atoms with Gasteiger partial charge in [0.2, 0.25) is 0 Å². The van der Waals surface area contributed by atoms with E-state index in [4.69, 9.17) is 23.2 Å². The van der Waals surface area contributed by atoms with Crippen molar-refractivity contribution in [2.45, 2.75) is 56.7 Å². The fourth-order valence-corrected chi connectivity index (χ4v) is 2.41. The van der Waals surface area contributed by atoms with Gasteiger partial charge >= 0.3 is 0 Å². The minimum absolute atomic E-state index is 0.220. The van der Waals surface area contributed by atoms with Crippen molar-refractivity contribution in [3.63, 3.8) is 0 Å². The first-order chi connectivity index (χ1) is 6.70. The molecule has 0 amide bonds. The fourth-order valence-electron chi connectivity index (χ4n) is 1.57. The van der Waals surface area contributed by atoms with Gasteiger partial charge in [-0.05, 0) is 24.5 Å². The Kier molecular flexibility index (Phi) is 11.1. The first kappa shape index (κ1) is 14.9. The molecule has 0 saturated carbocycles. The number of halogens is 2. The summed E-state index contributed by atoms with van der Waals surface area (Å²) < 4.78 is 0. The molecular formula is C11H22Cl2S. The zero-order chi connectivity index (χ0) is 10.8. The van der Waals surface area contributed by atoms with Crippen LogP contribution in [0.5, 0.6) is 0 Å². The van der Waals surface area contributed by atoms with Crippen LogP contribution in [0.15, 0.2) is 0 Å². The number of hydrogen-bond acceptors (Lipinski definition) is 1. The maximum absolute atomic E-state index is 5.75. The fraction of sp³-hybridized carbons (Fsp3) is 1.00. The van der Waals surface area contributed by atoms with Crippen LogP contribution in [0.1, 0.15) is 51.9 Å². The van der Waals surface area contributed by atoms with Gasteiger partial charge in [-0.2, -0.15) is 12.6 Å². The summed E-state index contributed by atoms with van der Waals surface area (Å²) >= 11 is 15.8. The van der Waals surface area contributed by atoms with Crippen LogP contribution < -0.4 is 0 Å². The highest BCUT2D eigenvalue weighted by Crippen LogP contribution is 2.21. The third-order valence-corrected chi connectivity index (χ3v) is 3.36. The monoisotopic (exact) mass is 256 g/mol. The van der Waals surface area contributed by atoms with Gasteiger partial charge in [-0.15, -0.1) is 23.2 Å². The van der Waals surface area contributed by atoms with Gasteiger partial charge in [0.05, 0.1) is 0 Å². The molecule has 0 aliphatic heterocycles. The zero-order valence-corrected chi connectivity index (χ0v) is 11.4. The van der Waals surface area contributed by atoms with Crippen LogP contribution in [0.4, 0.5) is 0 Å². The van der Waals surface area contributed by atoms with E-state index in [1.54, 1.807) is 0 Å². The molecule has 0 nitrogen and oxygen atoms in total. The molecule has 0 aliphatic rings. The Morgan fingerprint density at radius 1 is 1.07 bits per heavy atom. The molecule has 0 N–H and O–H groups in total. The molecule has 0 rings (SSSR count). The van der Waals surface area contributed by atoms with Crippen LogP contribution in [-0.4, -0.2) is 10.6 Å². The maximum Gasteiger partial charge on any atom is 0.108 e. The van der Waals surface area contributed by atoms with Gasteiger partial charge in [-0.1, -0.05) is 39.0 Å². The molecule has 0 aromatic rings. The molecular weight excluding hydrogens is 235 g/mol. The Hall–Kier alpha value is 0.930. The SMILES string of the molecule is CCCCCCCC(CS)CC(Cl)Cl. The molecule has 1 atom stereocenters.